The molecule has 0 aliphatic rings. The van der Waals surface area contributed by atoms with E-state index in [1.54, 1.807) is 18.8 Å². The van der Waals surface area contributed by atoms with Crippen LogP contribution in [0.25, 0.3) is 0 Å². The summed E-state index contributed by atoms with van der Waals surface area (Å²) in [5.41, 5.74) is 0. The Morgan fingerprint density at radius 3 is 2.50 bits per heavy atom. The van der Waals surface area contributed by atoms with E-state index >= 15 is 0 Å². The Morgan fingerprint density at radius 2 is 2.00 bits per heavy atom. The molecule has 0 saturated heterocycles. The van der Waals surface area contributed by atoms with Crippen molar-refractivity contribution in [3.63, 3.8) is 0 Å². The molecule has 0 radical (unpaired) electrons. The van der Waals surface area contributed by atoms with Crippen molar-refractivity contribution in [1.29, 1.82) is 0 Å². The number of thioether (sulfide) groups is 1. The minimum absolute atomic E-state index is 0.0150. The number of hydrogen-bond donors (Lipinski definition) is 2. The van der Waals surface area contributed by atoms with Crippen molar-refractivity contribution in [3.05, 3.63) is 0 Å². The average Bonchev–Trinajstić information content (AvgIpc) is 2.33. The van der Waals surface area contributed by atoms with Crippen LogP contribution in [0.3, 0.4) is 0 Å². The summed E-state index contributed by atoms with van der Waals surface area (Å²) in [6, 6.07) is 0.0150. The molecule has 0 fully saturated rings. The van der Waals surface area contributed by atoms with Crippen molar-refractivity contribution in [2.24, 2.45) is 0 Å². The van der Waals surface area contributed by atoms with Gasteiger partial charge in [0.25, 0.3) is 10.2 Å². The normalized spacial score (nSPS) is 14.1. The molecule has 0 bridgehead atoms. The van der Waals surface area contributed by atoms with Crippen LogP contribution in [0.1, 0.15) is 26.7 Å². The first-order valence-corrected chi connectivity index (χ1v) is 9.24. The third-order valence-corrected chi connectivity index (χ3v) is 5.03. The molecule has 0 aliphatic carbocycles. The number of nitrogens with one attached hydrogen (secondary N) is 2. The van der Waals surface area contributed by atoms with Crippen molar-refractivity contribution in [2.45, 2.75) is 32.7 Å². The lowest BCUT2D eigenvalue weighted by Crippen LogP contribution is -2.45. The van der Waals surface area contributed by atoms with Crippen molar-refractivity contribution in [3.8, 4) is 0 Å². The van der Waals surface area contributed by atoms with Crippen molar-refractivity contribution >= 4 is 22.0 Å². The number of hydrogen-bond acceptors (Lipinski definition) is 4. The third-order valence-electron chi connectivity index (χ3n) is 2.66. The van der Waals surface area contributed by atoms with Gasteiger partial charge in [-0.05, 0) is 32.2 Å². The van der Waals surface area contributed by atoms with Crippen LogP contribution in [0.15, 0.2) is 0 Å². The molecule has 1 unspecified atom stereocenters. The standard InChI is InChI=1S/C11H27N3O2S2/c1-5-11(10-17-4)13-18(15,16)14(3)9-7-8-12-6-2/h11-13H,5-10H2,1-4H3. The summed E-state index contributed by atoms with van der Waals surface area (Å²) in [6.45, 7) is 6.33. The molecule has 0 amide bonds. The second kappa shape index (κ2) is 10.0. The van der Waals surface area contributed by atoms with Crippen LogP contribution in [0.4, 0.5) is 0 Å². The fraction of sp³-hybridized carbons (Fsp3) is 1.00. The molecule has 7 heteroatoms. The van der Waals surface area contributed by atoms with E-state index in [1.807, 2.05) is 20.1 Å². The molecule has 2 N–H and O–H groups in total. The summed E-state index contributed by atoms with van der Waals surface area (Å²) in [6.07, 6.45) is 3.62. The van der Waals surface area contributed by atoms with Crippen LogP contribution in [-0.4, -0.2) is 57.5 Å². The Morgan fingerprint density at radius 1 is 1.33 bits per heavy atom. The highest BCUT2D eigenvalue weighted by atomic mass is 32.2. The maximum Gasteiger partial charge on any atom is 0.279 e. The highest BCUT2D eigenvalue weighted by Crippen LogP contribution is 2.05. The van der Waals surface area contributed by atoms with Gasteiger partial charge in [-0.3, -0.25) is 0 Å². The van der Waals surface area contributed by atoms with Gasteiger partial charge in [-0.1, -0.05) is 13.8 Å². The Balaban J connectivity index is 4.17. The molecule has 0 aromatic carbocycles. The summed E-state index contributed by atoms with van der Waals surface area (Å²) in [5.74, 6) is 0.807. The summed E-state index contributed by atoms with van der Waals surface area (Å²) in [4.78, 5) is 0. The van der Waals surface area contributed by atoms with Gasteiger partial charge in [-0.2, -0.15) is 29.2 Å². The van der Waals surface area contributed by atoms with Crippen LogP contribution in [0.2, 0.25) is 0 Å². The molecule has 0 aromatic heterocycles. The first-order chi connectivity index (χ1) is 8.47. The summed E-state index contributed by atoms with van der Waals surface area (Å²) in [7, 11) is -1.71. The van der Waals surface area contributed by atoms with E-state index in [1.165, 1.54) is 4.31 Å². The van der Waals surface area contributed by atoms with Gasteiger partial charge in [0, 0.05) is 25.4 Å². The fourth-order valence-electron chi connectivity index (χ4n) is 1.46. The zero-order chi connectivity index (χ0) is 14.0. The van der Waals surface area contributed by atoms with Crippen LogP contribution < -0.4 is 10.0 Å². The molecule has 0 aliphatic heterocycles. The van der Waals surface area contributed by atoms with Gasteiger partial charge in [0.2, 0.25) is 0 Å². The van der Waals surface area contributed by atoms with Crippen molar-refractivity contribution in [2.75, 3.05) is 38.7 Å². The lowest BCUT2D eigenvalue weighted by atomic mass is 10.3. The molecule has 0 aromatic rings. The van der Waals surface area contributed by atoms with Gasteiger partial charge in [-0.25, -0.2) is 0 Å². The molecule has 0 spiro atoms. The van der Waals surface area contributed by atoms with Gasteiger partial charge >= 0.3 is 0 Å². The second-order valence-corrected chi connectivity index (χ2v) is 6.93. The zero-order valence-corrected chi connectivity index (χ0v) is 13.5. The summed E-state index contributed by atoms with van der Waals surface area (Å²) >= 11 is 1.66. The highest BCUT2D eigenvalue weighted by molar-refractivity contribution is 7.98. The maximum absolute atomic E-state index is 12.0. The van der Waals surface area contributed by atoms with Crippen LogP contribution in [0.5, 0.6) is 0 Å². The molecule has 18 heavy (non-hydrogen) atoms. The lowest BCUT2D eigenvalue weighted by Gasteiger charge is -2.22. The third kappa shape index (κ3) is 7.58. The molecule has 5 nitrogen and oxygen atoms in total. The van der Waals surface area contributed by atoms with Gasteiger partial charge in [0.1, 0.15) is 0 Å². The minimum Gasteiger partial charge on any atom is -0.317 e. The molecule has 110 valence electrons. The van der Waals surface area contributed by atoms with Crippen molar-refractivity contribution in [1.82, 2.24) is 14.3 Å². The fourth-order valence-corrected chi connectivity index (χ4v) is 3.51. The summed E-state index contributed by atoms with van der Waals surface area (Å²) in [5, 5.41) is 3.18. The Labute approximate surface area is 116 Å². The largest absolute Gasteiger partial charge is 0.317 e. The smallest absolute Gasteiger partial charge is 0.279 e. The molecular weight excluding hydrogens is 270 g/mol. The molecular formula is C11H27N3O2S2. The van der Waals surface area contributed by atoms with Crippen molar-refractivity contribution < 1.29 is 8.42 Å². The predicted octanol–water partition coefficient (Wildman–Crippen LogP) is 0.894. The second-order valence-electron chi connectivity index (χ2n) is 4.21. The average molecular weight is 297 g/mol. The minimum atomic E-state index is -3.34. The Bertz CT molecular complexity index is 297. The highest BCUT2D eigenvalue weighted by Gasteiger charge is 2.20. The quantitative estimate of drug-likeness (QED) is 0.556. The SMILES string of the molecule is CCNCCCN(C)S(=O)(=O)NC(CC)CSC. The lowest BCUT2D eigenvalue weighted by molar-refractivity contribution is 0.437. The van der Waals surface area contributed by atoms with E-state index in [4.69, 9.17) is 0 Å². The van der Waals surface area contributed by atoms with E-state index in [9.17, 15) is 8.42 Å². The first-order valence-electron chi connectivity index (χ1n) is 6.41. The van der Waals surface area contributed by atoms with Crippen LogP contribution in [-0.2, 0) is 10.2 Å². The van der Waals surface area contributed by atoms with Crippen LogP contribution >= 0.6 is 11.8 Å². The maximum atomic E-state index is 12.0. The molecule has 0 saturated carbocycles. The Kier molecular flexibility index (Phi) is 10.1. The van der Waals surface area contributed by atoms with Crippen LogP contribution in [0, 0.1) is 0 Å². The topological polar surface area (TPSA) is 61.4 Å². The van der Waals surface area contributed by atoms with Gasteiger partial charge in [-0.15, -0.1) is 0 Å². The Hall–Kier alpha value is 0.180. The molecule has 0 rings (SSSR count). The van der Waals surface area contributed by atoms with Gasteiger partial charge < -0.3 is 5.32 Å². The molecule has 1 atom stereocenters. The summed E-state index contributed by atoms with van der Waals surface area (Å²) < 4.78 is 28.2. The van der Waals surface area contributed by atoms with E-state index in [-0.39, 0.29) is 6.04 Å². The molecule has 0 heterocycles. The number of nitrogens with zero attached hydrogens (tertiary/aromatic N) is 1. The van der Waals surface area contributed by atoms with Gasteiger partial charge in [0.15, 0.2) is 0 Å². The first kappa shape index (κ1) is 18.2. The van der Waals surface area contributed by atoms with E-state index < -0.39 is 10.2 Å². The monoisotopic (exact) mass is 297 g/mol. The van der Waals surface area contributed by atoms with E-state index in [2.05, 4.69) is 10.0 Å². The van der Waals surface area contributed by atoms with E-state index in [0.717, 1.165) is 31.7 Å². The van der Waals surface area contributed by atoms with Gasteiger partial charge in [0.05, 0.1) is 0 Å². The predicted molar refractivity (Wildman–Crippen MR) is 80.3 cm³/mol. The number of rotatable bonds is 11. The zero-order valence-electron chi connectivity index (χ0n) is 11.9. The van der Waals surface area contributed by atoms with E-state index in [0.29, 0.717) is 6.54 Å².